The lowest BCUT2D eigenvalue weighted by Gasteiger charge is -2.19. The minimum absolute atomic E-state index is 0.0573. The maximum absolute atomic E-state index is 12.4. The van der Waals surface area contributed by atoms with E-state index in [9.17, 15) is 9.59 Å². The predicted molar refractivity (Wildman–Crippen MR) is 105 cm³/mol. The molecule has 0 aliphatic rings. The number of pyridine rings is 1. The van der Waals surface area contributed by atoms with Gasteiger partial charge in [-0.2, -0.15) is 0 Å². The number of hydrogen-bond acceptors (Lipinski definition) is 3. The molecule has 0 radical (unpaired) electrons. The number of amides is 2. The summed E-state index contributed by atoms with van der Waals surface area (Å²) >= 11 is 0. The average Bonchev–Trinajstić information content (AvgIpc) is 2.59. The van der Waals surface area contributed by atoms with Gasteiger partial charge in [0.2, 0.25) is 0 Å². The SMILES string of the molecule is CC(C)CNC(=O)c1ccnc(C(=O)Nc2ccc(C(C)(C)C)cc2)c1. The zero-order valence-electron chi connectivity index (χ0n) is 16.1. The second-order valence-electron chi connectivity index (χ2n) is 7.82. The predicted octanol–water partition coefficient (Wildman–Crippen LogP) is 4.02. The molecular weight excluding hydrogens is 326 g/mol. The summed E-state index contributed by atoms with van der Waals surface area (Å²) in [5.41, 5.74) is 2.58. The highest BCUT2D eigenvalue weighted by molar-refractivity contribution is 6.04. The van der Waals surface area contributed by atoms with Gasteiger partial charge in [0.05, 0.1) is 0 Å². The molecule has 0 atom stereocenters. The summed E-state index contributed by atoms with van der Waals surface area (Å²) in [7, 11) is 0. The lowest BCUT2D eigenvalue weighted by atomic mass is 9.87. The molecule has 26 heavy (non-hydrogen) atoms. The highest BCUT2D eigenvalue weighted by Gasteiger charge is 2.15. The van der Waals surface area contributed by atoms with Gasteiger partial charge in [0, 0.05) is 24.0 Å². The van der Waals surface area contributed by atoms with Crippen LogP contribution in [0.3, 0.4) is 0 Å². The Morgan fingerprint density at radius 3 is 2.27 bits per heavy atom. The van der Waals surface area contributed by atoms with Crippen molar-refractivity contribution >= 4 is 17.5 Å². The van der Waals surface area contributed by atoms with E-state index in [-0.39, 0.29) is 22.9 Å². The Morgan fingerprint density at radius 2 is 1.69 bits per heavy atom. The lowest BCUT2D eigenvalue weighted by Crippen LogP contribution is -2.27. The summed E-state index contributed by atoms with van der Waals surface area (Å²) in [6.07, 6.45) is 1.47. The molecule has 1 aromatic heterocycles. The summed E-state index contributed by atoms with van der Waals surface area (Å²) in [6, 6.07) is 10.9. The Hall–Kier alpha value is -2.69. The van der Waals surface area contributed by atoms with Crippen LogP contribution >= 0.6 is 0 Å². The summed E-state index contributed by atoms with van der Waals surface area (Å²) < 4.78 is 0. The largest absolute Gasteiger partial charge is 0.352 e. The molecule has 2 N–H and O–H groups in total. The number of nitrogens with zero attached hydrogens (tertiary/aromatic N) is 1. The van der Waals surface area contributed by atoms with Crippen LogP contribution in [0.15, 0.2) is 42.6 Å². The summed E-state index contributed by atoms with van der Waals surface area (Å²) in [5.74, 6) is -0.184. The van der Waals surface area contributed by atoms with Gasteiger partial charge in [-0.3, -0.25) is 14.6 Å². The van der Waals surface area contributed by atoms with Crippen molar-refractivity contribution in [1.82, 2.24) is 10.3 Å². The van der Waals surface area contributed by atoms with Crippen molar-refractivity contribution in [3.8, 4) is 0 Å². The fourth-order valence-electron chi connectivity index (χ4n) is 2.34. The van der Waals surface area contributed by atoms with Gasteiger partial charge in [-0.05, 0) is 41.2 Å². The molecule has 0 spiro atoms. The van der Waals surface area contributed by atoms with Crippen molar-refractivity contribution in [2.45, 2.75) is 40.0 Å². The van der Waals surface area contributed by atoms with E-state index in [0.29, 0.717) is 23.7 Å². The summed E-state index contributed by atoms with van der Waals surface area (Å²) in [6.45, 7) is 11.1. The molecule has 0 aliphatic heterocycles. The lowest BCUT2D eigenvalue weighted by molar-refractivity contribution is 0.0949. The normalized spacial score (nSPS) is 11.3. The first-order chi connectivity index (χ1) is 12.2. The molecule has 5 heteroatoms. The van der Waals surface area contributed by atoms with Crippen LogP contribution in [0.1, 0.15) is 61.0 Å². The van der Waals surface area contributed by atoms with Crippen LogP contribution in [0.4, 0.5) is 5.69 Å². The van der Waals surface area contributed by atoms with Gasteiger partial charge in [0.15, 0.2) is 0 Å². The molecule has 0 saturated heterocycles. The number of benzene rings is 1. The van der Waals surface area contributed by atoms with Crippen molar-refractivity contribution in [3.63, 3.8) is 0 Å². The molecule has 0 saturated carbocycles. The Bertz CT molecular complexity index is 775. The molecule has 138 valence electrons. The van der Waals surface area contributed by atoms with E-state index in [2.05, 4.69) is 36.4 Å². The molecule has 2 aromatic rings. The molecule has 0 fully saturated rings. The van der Waals surface area contributed by atoms with Crippen molar-refractivity contribution in [2.24, 2.45) is 5.92 Å². The number of rotatable bonds is 5. The zero-order valence-corrected chi connectivity index (χ0v) is 16.1. The standard InChI is InChI=1S/C21H27N3O2/c1-14(2)13-23-19(25)15-10-11-22-18(12-15)20(26)24-17-8-6-16(7-9-17)21(3,4)5/h6-12,14H,13H2,1-5H3,(H,23,25)(H,24,26). The maximum Gasteiger partial charge on any atom is 0.274 e. The van der Waals surface area contributed by atoms with Gasteiger partial charge in [0.1, 0.15) is 5.69 Å². The first-order valence-electron chi connectivity index (χ1n) is 8.83. The number of aromatic nitrogens is 1. The third-order valence-electron chi connectivity index (χ3n) is 3.93. The van der Waals surface area contributed by atoms with Gasteiger partial charge < -0.3 is 10.6 Å². The van der Waals surface area contributed by atoms with Gasteiger partial charge in [0.25, 0.3) is 11.8 Å². The first kappa shape index (κ1) is 19.6. The minimum atomic E-state index is -0.341. The quantitative estimate of drug-likeness (QED) is 0.853. The third-order valence-corrected chi connectivity index (χ3v) is 3.93. The zero-order chi connectivity index (χ0) is 19.3. The molecule has 5 nitrogen and oxygen atoms in total. The van der Waals surface area contributed by atoms with Crippen LogP contribution in [0.2, 0.25) is 0 Å². The Labute approximate surface area is 155 Å². The van der Waals surface area contributed by atoms with Gasteiger partial charge in [-0.15, -0.1) is 0 Å². The fraction of sp³-hybridized carbons (Fsp3) is 0.381. The molecule has 2 rings (SSSR count). The maximum atomic E-state index is 12.4. The van der Waals surface area contributed by atoms with Crippen LogP contribution in [0, 0.1) is 5.92 Å². The number of anilines is 1. The second-order valence-corrected chi connectivity index (χ2v) is 7.82. The highest BCUT2D eigenvalue weighted by Crippen LogP contribution is 2.23. The van der Waals surface area contributed by atoms with Crippen molar-refractivity contribution in [1.29, 1.82) is 0 Å². The van der Waals surface area contributed by atoms with Crippen LogP contribution in [-0.2, 0) is 5.41 Å². The average molecular weight is 353 g/mol. The number of nitrogens with one attached hydrogen (secondary N) is 2. The Kier molecular flexibility index (Phi) is 6.14. The van der Waals surface area contributed by atoms with E-state index >= 15 is 0 Å². The topological polar surface area (TPSA) is 71.1 Å². The molecule has 0 aliphatic carbocycles. The van der Waals surface area contributed by atoms with E-state index in [4.69, 9.17) is 0 Å². The summed E-state index contributed by atoms with van der Waals surface area (Å²) in [5, 5.41) is 5.66. The molecule has 1 heterocycles. The van der Waals surface area contributed by atoms with Gasteiger partial charge >= 0.3 is 0 Å². The van der Waals surface area contributed by atoms with Crippen molar-refractivity contribution < 1.29 is 9.59 Å². The van der Waals surface area contributed by atoms with Gasteiger partial charge in [-0.25, -0.2) is 0 Å². The van der Waals surface area contributed by atoms with E-state index in [1.54, 1.807) is 6.07 Å². The third kappa shape index (κ3) is 5.41. The van der Waals surface area contributed by atoms with E-state index in [0.717, 1.165) is 0 Å². The van der Waals surface area contributed by atoms with E-state index < -0.39 is 0 Å². The van der Waals surface area contributed by atoms with Crippen LogP contribution in [-0.4, -0.2) is 23.3 Å². The smallest absolute Gasteiger partial charge is 0.274 e. The fourth-order valence-corrected chi connectivity index (χ4v) is 2.34. The molecule has 1 aromatic carbocycles. The number of hydrogen-bond donors (Lipinski definition) is 2. The first-order valence-corrected chi connectivity index (χ1v) is 8.83. The molecule has 0 unspecified atom stereocenters. The van der Waals surface area contributed by atoms with Crippen LogP contribution < -0.4 is 10.6 Å². The van der Waals surface area contributed by atoms with Crippen molar-refractivity contribution in [3.05, 3.63) is 59.4 Å². The number of carbonyl (C=O) groups excluding carboxylic acids is 2. The monoisotopic (exact) mass is 353 g/mol. The van der Waals surface area contributed by atoms with E-state index in [1.807, 2.05) is 38.1 Å². The Balaban J connectivity index is 2.08. The molecule has 2 amide bonds. The Morgan fingerprint density at radius 1 is 1.04 bits per heavy atom. The molecular formula is C21H27N3O2. The van der Waals surface area contributed by atoms with Crippen LogP contribution in [0.5, 0.6) is 0 Å². The molecule has 0 bridgehead atoms. The van der Waals surface area contributed by atoms with E-state index in [1.165, 1.54) is 17.8 Å². The summed E-state index contributed by atoms with van der Waals surface area (Å²) in [4.78, 5) is 28.7. The van der Waals surface area contributed by atoms with Crippen molar-refractivity contribution in [2.75, 3.05) is 11.9 Å². The number of carbonyl (C=O) groups is 2. The minimum Gasteiger partial charge on any atom is -0.352 e. The van der Waals surface area contributed by atoms with Gasteiger partial charge in [-0.1, -0.05) is 46.8 Å². The second kappa shape index (κ2) is 8.13. The van der Waals surface area contributed by atoms with Crippen LogP contribution in [0.25, 0.3) is 0 Å². The highest BCUT2D eigenvalue weighted by atomic mass is 16.2.